The van der Waals surface area contributed by atoms with Gasteiger partial charge in [0.2, 0.25) is 47.6 Å². The topological polar surface area (TPSA) is 157 Å². The van der Waals surface area contributed by atoms with Crippen molar-refractivity contribution in [2.45, 2.75) is 82.8 Å². The van der Waals surface area contributed by atoms with Crippen LogP contribution in [0.2, 0.25) is 0 Å². The van der Waals surface area contributed by atoms with E-state index in [4.69, 9.17) is 0 Å². The Bertz CT molecular complexity index is 792. The minimum absolute atomic E-state index is 0.0534. The molecule has 12 nitrogen and oxygen atoms in total. The van der Waals surface area contributed by atoms with Crippen LogP contribution in [-0.4, -0.2) is 113 Å². The first-order valence-electron chi connectivity index (χ1n) is 14.6. The Labute approximate surface area is 253 Å². The average Bonchev–Trinajstić information content (AvgIpc) is 2.91. The normalized spacial score (nSPS) is 11.4. The van der Waals surface area contributed by atoms with E-state index in [2.05, 4.69) is 33.8 Å². The molecule has 41 heavy (non-hydrogen) atoms. The highest BCUT2D eigenvalue weighted by Crippen LogP contribution is 2.05. The average molecular weight is 594 g/mol. The Kier molecular flexibility index (Phi) is 22.7. The molecule has 16 heteroatoms. The number of rotatable bonds is 24. The number of hydrogen-bond acceptors (Lipinski definition) is 8. The zero-order chi connectivity index (χ0) is 31.0. The summed E-state index contributed by atoms with van der Waals surface area (Å²) in [7, 11) is 5.02. The highest BCUT2D eigenvalue weighted by molar-refractivity contribution is 7.81. The molecule has 0 aliphatic carbocycles. The van der Waals surface area contributed by atoms with Crippen molar-refractivity contribution in [3.63, 3.8) is 0 Å². The van der Waals surface area contributed by atoms with Crippen molar-refractivity contribution in [1.82, 2.24) is 30.8 Å². The number of carbonyl (C=O) groups is 6. The van der Waals surface area contributed by atoms with Crippen LogP contribution in [-0.2, 0) is 28.8 Å². The molecule has 1 atom stereocenters. The van der Waals surface area contributed by atoms with E-state index in [1.807, 2.05) is 0 Å². The van der Waals surface area contributed by atoms with Crippen LogP contribution in [0.4, 0.5) is 0 Å². The zero-order valence-electron chi connectivity index (χ0n) is 25.4. The van der Waals surface area contributed by atoms with Crippen molar-refractivity contribution in [2.24, 2.45) is 0 Å². The van der Waals surface area contributed by atoms with E-state index in [0.29, 0.717) is 51.7 Å². The van der Waals surface area contributed by atoms with Gasteiger partial charge < -0.3 is 25.9 Å². The Morgan fingerprint density at radius 2 is 1.05 bits per heavy atom. The summed E-state index contributed by atoms with van der Waals surface area (Å²) >= 11 is 4.13. The van der Waals surface area contributed by atoms with E-state index in [1.54, 1.807) is 35.6 Å². The first kappa shape index (κ1) is 38.5. The third kappa shape index (κ3) is 22.8. The molecular formula is C25H49B3N6O6S. The van der Waals surface area contributed by atoms with Crippen LogP contribution in [0.15, 0.2) is 0 Å². The number of nitrogens with zero attached hydrogens (tertiary/aromatic N) is 2. The van der Waals surface area contributed by atoms with Crippen LogP contribution >= 0.6 is 12.6 Å². The number of Topliss-reactive ketones (excluding diaryl/α,β-unsaturated/α-hetero) is 1. The van der Waals surface area contributed by atoms with Gasteiger partial charge in [-0.2, -0.15) is 12.6 Å². The summed E-state index contributed by atoms with van der Waals surface area (Å²) in [6.45, 7) is 2.70. The maximum absolute atomic E-state index is 12.5. The summed E-state index contributed by atoms with van der Waals surface area (Å²) in [5.41, 5.74) is 0. The molecule has 0 radical (unpaired) electrons. The van der Waals surface area contributed by atoms with Crippen molar-refractivity contribution in [2.75, 3.05) is 39.3 Å². The standard InChI is InChI=1S/C25H49B3N6O6S/c1-19(41)20(35)10-4-2-7-13-29-22(37)16-33(18-24(39)31-15-9-6-11-21(36)32-26)17-23(38)30-14-8-3-5-12-25(40)34(27)28/h19,41H,2-18,26-28H2,1H3,(H,29,37)(H,30,38)(H,31,39)(H,32,36). The minimum Gasteiger partial charge on any atom is -0.443 e. The molecular weight excluding hydrogens is 545 g/mol. The fraction of sp³-hybridized carbons (Fsp3) is 0.760. The minimum atomic E-state index is -0.306. The molecule has 230 valence electrons. The van der Waals surface area contributed by atoms with Crippen molar-refractivity contribution in [1.29, 1.82) is 0 Å². The number of hydrogen-bond donors (Lipinski definition) is 5. The predicted molar refractivity (Wildman–Crippen MR) is 170 cm³/mol. The Hall–Kier alpha value is -2.48. The van der Waals surface area contributed by atoms with E-state index in [1.165, 1.54) is 4.90 Å². The van der Waals surface area contributed by atoms with Gasteiger partial charge in [-0.3, -0.25) is 33.7 Å². The molecule has 5 amide bonds. The second-order valence-corrected chi connectivity index (χ2v) is 11.2. The fourth-order valence-electron chi connectivity index (χ4n) is 3.78. The quantitative estimate of drug-likeness (QED) is 0.0467. The Morgan fingerprint density at radius 3 is 1.46 bits per heavy atom. The van der Waals surface area contributed by atoms with E-state index >= 15 is 0 Å². The van der Waals surface area contributed by atoms with E-state index in [-0.39, 0.29) is 60.2 Å². The third-order valence-electron chi connectivity index (χ3n) is 6.31. The lowest BCUT2D eigenvalue weighted by atomic mass is 10.1. The van der Waals surface area contributed by atoms with Crippen molar-refractivity contribution >= 4 is 71.9 Å². The first-order chi connectivity index (χ1) is 19.5. The molecule has 0 fully saturated rings. The predicted octanol–water partition coefficient (Wildman–Crippen LogP) is -2.60. The molecule has 0 aliphatic heterocycles. The van der Waals surface area contributed by atoms with Gasteiger partial charge >= 0.3 is 0 Å². The SMILES string of the molecule is BNC(=O)CCCCNC(=O)CN(CC(=O)NCCCCCC(=O)C(C)S)CC(=O)NCCCCCC(=O)N(B)B. The van der Waals surface area contributed by atoms with Gasteiger partial charge in [-0.1, -0.05) is 12.8 Å². The molecule has 0 bridgehead atoms. The lowest BCUT2D eigenvalue weighted by Crippen LogP contribution is -2.47. The summed E-state index contributed by atoms with van der Waals surface area (Å²) in [6, 6.07) is 0. The van der Waals surface area contributed by atoms with Gasteiger partial charge in [-0.25, -0.2) is 0 Å². The van der Waals surface area contributed by atoms with Gasteiger partial charge in [0, 0.05) is 38.9 Å². The van der Waals surface area contributed by atoms with Crippen LogP contribution < -0.4 is 21.2 Å². The van der Waals surface area contributed by atoms with Crippen LogP contribution in [0.25, 0.3) is 0 Å². The van der Waals surface area contributed by atoms with Crippen molar-refractivity contribution in [3.8, 4) is 0 Å². The first-order valence-corrected chi connectivity index (χ1v) is 15.1. The fourth-order valence-corrected chi connectivity index (χ4v) is 3.90. The van der Waals surface area contributed by atoms with Crippen LogP contribution in [0.3, 0.4) is 0 Å². The largest absolute Gasteiger partial charge is 0.443 e. The molecule has 0 saturated carbocycles. The number of thiol groups is 1. The summed E-state index contributed by atoms with van der Waals surface area (Å²) in [4.78, 5) is 73.6. The lowest BCUT2D eigenvalue weighted by Gasteiger charge is -2.21. The number of ketones is 1. The van der Waals surface area contributed by atoms with Gasteiger partial charge in [0.05, 0.1) is 24.9 Å². The summed E-state index contributed by atoms with van der Waals surface area (Å²) in [5.74, 6) is -0.756. The second kappa shape index (κ2) is 24.2. The van der Waals surface area contributed by atoms with Crippen molar-refractivity contribution < 1.29 is 28.8 Å². The molecule has 0 rings (SSSR count). The van der Waals surface area contributed by atoms with Gasteiger partial charge in [0.1, 0.15) is 5.78 Å². The molecule has 1 unspecified atom stereocenters. The summed E-state index contributed by atoms with van der Waals surface area (Å²) in [6.07, 6.45) is 7.12. The summed E-state index contributed by atoms with van der Waals surface area (Å²) in [5, 5.41) is 10.7. The molecule has 0 saturated heterocycles. The maximum Gasteiger partial charge on any atom is 0.234 e. The molecule has 0 aliphatic rings. The number of unbranched alkanes of at least 4 members (excludes halogenated alkanes) is 5. The molecule has 0 aromatic heterocycles. The molecule has 4 N–H and O–H groups in total. The number of carbonyl (C=O) groups excluding carboxylic acids is 6. The Balaban J connectivity index is 4.58. The third-order valence-corrected chi connectivity index (χ3v) is 6.60. The van der Waals surface area contributed by atoms with Crippen molar-refractivity contribution in [3.05, 3.63) is 0 Å². The van der Waals surface area contributed by atoms with Crippen LogP contribution in [0.5, 0.6) is 0 Å². The van der Waals surface area contributed by atoms with Crippen LogP contribution in [0, 0.1) is 0 Å². The van der Waals surface area contributed by atoms with E-state index in [9.17, 15) is 28.8 Å². The van der Waals surface area contributed by atoms with E-state index < -0.39 is 0 Å². The number of amides is 5. The highest BCUT2D eigenvalue weighted by Gasteiger charge is 2.18. The molecule has 0 heterocycles. The molecule has 0 aromatic rings. The molecule has 0 aromatic carbocycles. The van der Waals surface area contributed by atoms with Gasteiger partial charge in [-0.15, -0.1) is 0 Å². The Morgan fingerprint density at radius 1 is 0.634 bits per heavy atom. The van der Waals surface area contributed by atoms with Gasteiger partial charge in [0.15, 0.2) is 5.91 Å². The van der Waals surface area contributed by atoms with Gasteiger partial charge in [0.25, 0.3) is 0 Å². The second-order valence-electron chi connectivity index (χ2n) is 10.4. The highest BCUT2D eigenvalue weighted by atomic mass is 32.1. The molecule has 0 spiro atoms. The lowest BCUT2D eigenvalue weighted by molar-refractivity contribution is -0.128. The smallest absolute Gasteiger partial charge is 0.234 e. The zero-order valence-corrected chi connectivity index (χ0v) is 26.3. The monoisotopic (exact) mass is 594 g/mol. The van der Waals surface area contributed by atoms with Gasteiger partial charge in [-0.05, 0) is 45.4 Å². The van der Waals surface area contributed by atoms with Crippen LogP contribution in [0.1, 0.15) is 77.6 Å². The maximum atomic E-state index is 12.5. The summed E-state index contributed by atoms with van der Waals surface area (Å²) < 4.78 is 1.56. The number of nitrogens with one attached hydrogen (secondary N) is 4. The van der Waals surface area contributed by atoms with E-state index in [0.717, 1.165) is 38.5 Å².